The van der Waals surface area contributed by atoms with Crippen molar-refractivity contribution >= 4 is 5.97 Å². The van der Waals surface area contributed by atoms with E-state index in [2.05, 4.69) is 0 Å². The fraction of sp³-hybridized carbons (Fsp3) is 0.190. The number of ether oxygens (including phenoxy) is 3. The Labute approximate surface area is 157 Å². The largest absolute Gasteiger partial charge is 0.497 e. The van der Waals surface area contributed by atoms with E-state index in [0.717, 1.165) is 22.7 Å². The summed E-state index contributed by atoms with van der Waals surface area (Å²) in [4.78, 5) is 11.4. The molecule has 0 unspecified atom stereocenters. The SMILES string of the molecule is COc1ccc(-c2ccc(CC(=O)O)n2-c2ccc(OC)cc2OC)cc1. The van der Waals surface area contributed by atoms with Gasteiger partial charge in [0.25, 0.3) is 0 Å². The van der Waals surface area contributed by atoms with E-state index in [9.17, 15) is 9.90 Å². The summed E-state index contributed by atoms with van der Waals surface area (Å²) < 4.78 is 17.9. The fourth-order valence-electron chi connectivity index (χ4n) is 3.01. The van der Waals surface area contributed by atoms with Crippen LogP contribution in [0.4, 0.5) is 0 Å². The summed E-state index contributed by atoms with van der Waals surface area (Å²) in [7, 11) is 4.78. The first kappa shape index (κ1) is 18.4. The van der Waals surface area contributed by atoms with Gasteiger partial charge in [-0.15, -0.1) is 0 Å². The minimum Gasteiger partial charge on any atom is -0.497 e. The summed E-state index contributed by atoms with van der Waals surface area (Å²) in [5, 5.41) is 9.31. The van der Waals surface area contributed by atoms with Gasteiger partial charge in [-0.25, -0.2) is 0 Å². The van der Waals surface area contributed by atoms with Gasteiger partial charge in [0, 0.05) is 11.8 Å². The monoisotopic (exact) mass is 367 g/mol. The minimum atomic E-state index is -0.900. The fourth-order valence-corrected chi connectivity index (χ4v) is 3.01. The highest BCUT2D eigenvalue weighted by atomic mass is 16.5. The lowest BCUT2D eigenvalue weighted by molar-refractivity contribution is -0.136. The molecule has 0 spiro atoms. The van der Waals surface area contributed by atoms with Crippen molar-refractivity contribution in [2.24, 2.45) is 0 Å². The zero-order valence-electron chi connectivity index (χ0n) is 15.4. The molecule has 2 aromatic carbocycles. The second kappa shape index (κ2) is 7.86. The number of carbonyl (C=O) groups is 1. The molecule has 0 atom stereocenters. The van der Waals surface area contributed by atoms with E-state index in [-0.39, 0.29) is 6.42 Å². The van der Waals surface area contributed by atoms with Crippen LogP contribution in [0.15, 0.2) is 54.6 Å². The third-order valence-electron chi connectivity index (χ3n) is 4.31. The highest BCUT2D eigenvalue weighted by molar-refractivity contribution is 5.73. The molecule has 0 saturated carbocycles. The molecule has 140 valence electrons. The van der Waals surface area contributed by atoms with E-state index < -0.39 is 5.97 Å². The van der Waals surface area contributed by atoms with Gasteiger partial charge in [0.05, 0.1) is 39.1 Å². The van der Waals surface area contributed by atoms with E-state index in [1.165, 1.54) is 0 Å². The maximum absolute atomic E-state index is 11.4. The molecule has 6 nitrogen and oxygen atoms in total. The zero-order valence-corrected chi connectivity index (χ0v) is 15.4. The average Bonchev–Trinajstić information content (AvgIpc) is 3.10. The molecule has 6 heteroatoms. The first-order valence-corrected chi connectivity index (χ1v) is 8.36. The Morgan fingerprint density at radius 1 is 0.889 bits per heavy atom. The number of nitrogens with zero attached hydrogens (tertiary/aromatic N) is 1. The molecule has 3 aromatic rings. The van der Waals surface area contributed by atoms with Crippen LogP contribution in [0.5, 0.6) is 17.2 Å². The predicted octanol–water partition coefficient (Wildman–Crippen LogP) is 3.80. The summed E-state index contributed by atoms with van der Waals surface area (Å²) in [6.07, 6.45) is -0.106. The molecule has 0 amide bonds. The lowest BCUT2D eigenvalue weighted by atomic mass is 10.1. The van der Waals surface area contributed by atoms with E-state index in [4.69, 9.17) is 14.2 Å². The standard InChI is InChI=1S/C21H21NO5/c1-25-16-7-4-14(5-8-16)18-10-6-15(12-21(23)24)22(18)19-11-9-17(26-2)13-20(19)27-3/h4-11,13H,12H2,1-3H3,(H,23,24). The zero-order chi connectivity index (χ0) is 19.4. The average molecular weight is 367 g/mol. The van der Waals surface area contributed by atoms with Gasteiger partial charge >= 0.3 is 5.97 Å². The normalized spacial score (nSPS) is 10.5. The van der Waals surface area contributed by atoms with Gasteiger partial charge in [0.2, 0.25) is 0 Å². The quantitative estimate of drug-likeness (QED) is 0.688. The Bertz CT molecular complexity index is 944. The van der Waals surface area contributed by atoms with Crippen LogP contribution in [0.2, 0.25) is 0 Å². The smallest absolute Gasteiger partial charge is 0.309 e. The molecule has 1 aromatic heterocycles. The summed E-state index contributed by atoms with van der Waals surface area (Å²) in [6, 6.07) is 16.8. The van der Waals surface area contributed by atoms with Crippen LogP contribution in [-0.2, 0) is 11.2 Å². The van der Waals surface area contributed by atoms with Gasteiger partial charge in [-0.1, -0.05) is 0 Å². The van der Waals surface area contributed by atoms with Crippen molar-refractivity contribution in [1.29, 1.82) is 0 Å². The molecule has 0 aliphatic rings. The number of methoxy groups -OCH3 is 3. The van der Waals surface area contributed by atoms with Crippen molar-refractivity contribution < 1.29 is 24.1 Å². The molecule has 1 heterocycles. The van der Waals surface area contributed by atoms with Crippen molar-refractivity contribution in [2.75, 3.05) is 21.3 Å². The van der Waals surface area contributed by atoms with Crippen LogP contribution in [0.1, 0.15) is 5.69 Å². The summed E-state index contributed by atoms with van der Waals surface area (Å²) in [6.45, 7) is 0. The number of hydrogen-bond acceptors (Lipinski definition) is 4. The second-order valence-electron chi connectivity index (χ2n) is 5.88. The van der Waals surface area contributed by atoms with Crippen molar-refractivity contribution in [2.45, 2.75) is 6.42 Å². The predicted molar refractivity (Wildman–Crippen MR) is 102 cm³/mol. The topological polar surface area (TPSA) is 69.9 Å². The Morgan fingerprint density at radius 3 is 2.15 bits per heavy atom. The van der Waals surface area contributed by atoms with Gasteiger partial charge in [0.15, 0.2) is 0 Å². The molecular weight excluding hydrogens is 346 g/mol. The highest BCUT2D eigenvalue weighted by Gasteiger charge is 2.18. The number of carboxylic acids is 1. The molecule has 0 radical (unpaired) electrons. The van der Waals surface area contributed by atoms with Crippen LogP contribution < -0.4 is 14.2 Å². The number of aliphatic carboxylic acids is 1. The Balaban J connectivity index is 2.19. The third-order valence-corrected chi connectivity index (χ3v) is 4.31. The lowest BCUT2D eigenvalue weighted by Crippen LogP contribution is -2.09. The summed E-state index contributed by atoms with van der Waals surface area (Å²) in [5.74, 6) is 1.10. The molecule has 0 fully saturated rings. The lowest BCUT2D eigenvalue weighted by Gasteiger charge is -2.17. The van der Waals surface area contributed by atoms with E-state index in [1.54, 1.807) is 27.4 Å². The van der Waals surface area contributed by atoms with Crippen LogP contribution in [0.25, 0.3) is 16.9 Å². The third kappa shape index (κ3) is 3.74. The molecule has 0 saturated heterocycles. The molecule has 0 aliphatic heterocycles. The van der Waals surface area contributed by atoms with Crippen LogP contribution >= 0.6 is 0 Å². The first-order valence-electron chi connectivity index (χ1n) is 8.36. The first-order chi connectivity index (χ1) is 13.1. The number of carboxylic acid groups (broad SMARTS) is 1. The molecule has 3 rings (SSSR count). The van der Waals surface area contributed by atoms with Crippen molar-refractivity contribution in [3.8, 4) is 34.2 Å². The Kier molecular flexibility index (Phi) is 5.35. The van der Waals surface area contributed by atoms with Gasteiger partial charge in [-0.2, -0.15) is 0 Å². The number of rotatable bonds is 7. The van der Waals surface area contributed by atoms with E-state index in [0.29, 0.717) is 17.2 Å². The van der Waals surface area contributed by atoms with Crippen molar-refractivity contribution in [3.05, 3.63) is 60.3 Å². The van der Waals surface area contributed by atoms with Gasteiger partial charge in [-0.3, -0.25) is 4.79 Å². The second-order valence-corrected chi connectivity index (χ2v) is 5.88. The Morgan fingerprint density at radius 2 is 1.56 bits per heavy atom. The number of benzene rings is 2. The number of hydrogen-bond donors (Lipinski definition) is 1. The van der Waals surface area contributed by atoms with Crippen molar-refractivity contribution in [3.63, 3.8) is 0 Å². The molecule has 1 N–H and O–H groups in total. The Hall–Kier alpha value is -3.41. The van der Waals surface area contributed by atoms with Crippen LogP contribution in [0, 0.1) is 0 Å². The molecule has 27 heavy (non-hydrogen) atoms. The molecule has 0 bridgehead atoms. The van der Waals surface area contributed by atoms with E-state index >= 15 is 0 Å². The number of aromatic nitrogens is 1. The maximum atomic E-state index is 11.4. The van der Waals surface area contributed by atoms with Crippen molar-refractivity contribution in [1.82, 2.24) is 4.57 Å². The molecular formula is C21H21NO5. The van der Waals surface area contributed by atoms with Crippen LogP contribution in [0.3, 0.4) is 0 Å². The highest BCUT2D eigenvalue weighted by Crippen LogP contribution is 2.34. The van der Waals surface area contributed by atoms with Gasteiger partial charge < -0.3 is 23.9 Å². The van der Waals surface area contributed by atoms with Gasteiger partial charge in [0.1, 0.15) is 17.2 Å². The summed E-state index contributed by atoms with van der Waals surface area (Å²) in [5.41, 5.74) is 3.19. The van der Waals surface area contributed by atoms with E-state index in [1.807, 2.05) is 53.1 Å². The maximum Gasteiger partial charge on any atom is 0.309 e. The van der Waals surface area contributed by atoms with Gasteiger partial charge in [-0.05, 0) is 54.1 Å². The molecule has 0 aliphatic carbocycles. The van der Waals surface area contributed by atoms with Crippen LogP contribution in [-0.4, -0.2) is 37.0 Å². The summed E-state index contributed by atoms with van der Waals surface area (Å²) >= 11 is 0. The minimum absolute atomic E-state index is 0.106.